The van der Waals surface area contributed by atoms with Crippen molar-refractivity contribution in [2.75, 3.05) is 18.0 Å². The van der Waals surface area contributed by atoms with Crippen molar-refractivity contribution in [1.82, 2.24) is 9.97 Å². The molecule has 0 radical (unpaired) electrons. The van der Waals surface area contributed by atoms with Crippen LogP contribution in [0.25, 0.3) is 11.1 Å². The highest BCUT2D eigenvalue weighted by Gasteiger charge is 2.24. The van der Waals surface area contributed by atoms with Crippen LogP contribution in [0.2, 0.25) is 5.15 Å². The molecular weight excluding hydrogens is 354 g/mol. The molecule has 3 heterocycles. The van der Waals surface area contributed by atoms with Gasteiger partial charge in [-0.15, -0.1) is 0 Å². The Labute approximate surface area is 146 Å². The molecule has 0 unspecified atom stereocenters. The highest BCUT2D eigenvalue weighted by atomic mass is 35.5. The maximum atomic E-state index is 11.0. The molecule has 0 saturated carbocycles. The van der Waals surface area contributed by atoms with Crippen molar-refractivity contribution >= 4 is 39.5 Å². The normalized spacial score (nSPS) is 16.2. The first kappa shape index (κ1) is 16.7. The predicted octanol–water partition coefficient (Wildman–Crippen LogP) is 3.21. The van der Waals surface area contributed by atoms with Gasteiger partial charge in [-0.1, -0.05) is 18.5 Å². The maximum absolute atomic E-state index is 11.0. The van der Waals surface area contributed by atoms with E-state index in [0.29, 0.717) is 11.1 Å². The van der Waals surface area contributed by atoms with E-state index < -0.39 is 10.7 Å². The number of hydrogen-bond acceptors (Lipinski definition) is 6. The van der Waals surface area contributed by atoms with E-state index in [4.69, 9.17) is 11.6 Å². The van der Waals surface area contributed by atoms with Gasteiger partial charge in [0.15, 0.2) is 0 Å². The molecule has 5 nitrogen and oxygen atoms in total. The first-order chi connectivity index (χ1) is 11.0. The highest BCUT2D eigenvalue weighted by Crippen LogP contribution is 2.37. The van der Waals surface area contributed by atoms with Gasteiger partial charge in [0, 0.05) is 13.1 Å². The number of aromatic nitrogens is 2. The Morgan fingerprint density at radius 1 is 1.35 bits per heavy atom. The number of thiol groups is 1. The van der Waals surface area contributed by atoms with Gasteiger partial charge >= 0.3 is 0 Å². The lowest BCUT2D eigenvalue weighted by Gasteiger charge is -2.32. The average Bonchev–Trinajstić information content (AvgIpc) is 3.00. The molecule has 124 valence electrons. The Morgan fingerprint density at radius 3 is 2.70 bits per heavy atom. The van der Waals surface area contributed by atoms with E-state index in [2.05, 4.69) is 21.8 Å². The van der Waals surface area contributed by atoms with Crippen LogP contribution in [-0.4, -0.2) is 31.5 Å². The number of hydrogen-bond donors (Lipinski definition) is 1. The van der Waals surface area contributed by atoms with Gasteiger partial charge in [0.25, 0.3) is 0 Å². The summed E-state index contributed by atoms with van der Waals surface area (Å²) in [6.07, 6.45) is 2.19. The number of nitrogens with zero attached hydrogens (tertiary/aromatic N) is 3. The monoisotopic (exact) mass is 371 g/mol. The van der Waals surface area contributed by atoms with Crippen LogP contribution in [0.15, 0.2) is 16.8 Å². The summed E-state index contributed by atoms with van der Waals surface area (Å²) in [5.74, 6) is 1.53. The summed E-state index contributed by atoms with van der Waals surface area (Å²) in [5.41, 5.74) is 1.78. The second kappa shape index (κ2) is 7.15. The summed E-state index contributed by atoms with van der Waals surface area (Å²) in [4.78, 5) is 10.9. The van der Waals surface area contributed by atoms with Crippen LogP contribution in [0.1, 0.15) is 25.6 Å². The first-order valence-electron chi connectivity index (χ1n) is 7.50. The van der Waals surface area contributed by atoms with Crippen LogP contribution in [0.3, 0.4) is 0 Å². The van der Waals surface area contributed by atoms with Gasteiger partial charge in [0.2, 0.25) is 0 Å². The van der Waals surface area contributed by atoms with E-state index in [1.807, 2.05) is 16.8 Å². The molecule has 1 saturated heterocycles. The Balaban J connectivity index is 2.07. The first-order valence-corrected chi connectivity index (χ1v) is 10.2. The van der Waals surface area contributed by atoms with E-state index >= 15 is 0 Å². The third-order valence-corrected chi connectivity index (χ3v) is 5.55. The van der Waals surface area contributed by atoms with Crippen molar-refractivity contribution in [1.29, 1.82) is 0 Å². The summed E-state index contributed by atoms with van der Waals surface area (Å²) in [6.45, 7) is 4.04. The van der Waals surface area contributed by atoms with Crippen LogP contribution in [0.4, 0.5) is 5.82 Å². The van der Waals surface area contributed by atoms with Crippen molar-refractivity contribution in [2.24, 2.45) is 5.92 Å². The minimum absolute atomic E-state index is 0.184. The van der Waals surface area contributed by atoms with Crippen LogP contribution < -0.4 is 4.90 Å². The number of rotatable bonds is 4. The fourth-order valence-corrected chi connectivity index (χ4v) is 4.07. The summed E-state index contributed by atoms with van der Waals surface area (Å²) in [5, 5.41) is 4.31. The van der Waals surface area contributed by atoms with Crippen LogP contribution in [0.5, 0.6) is 0 Å². The highest BCUT2D eigenvalue weighted by molar-refractivity contribution is 7.71. The molecule has 0 amide bonds. The summed E-state index contributed by atoms with van der Waals surface area (Å²) < 4.78 is 22.1. The van der Waals surface area contributed by atoms with Crippen LogP contribution in [-0.2, 0) is 16.5 Å². The van der Waals surface area contributed by atoms with E-state index in [1.54, 1.807) is 11.3 Å². The standard InChI is InChI=1S/C15H18ClN3O2S2/c1-10-2-5-19(6-3-10)15-13(11-4-7-22-8-11)14(16)17-12(18-15)9-23(20)21/h4,7-8,10,23H,2-3,5-6,9H2,1H3. The van der Waals surface area contributed by atoms with E-state index in [1.165, 1.54) is 0 Å². The maximum Gasteiger partial charge on any atom is 0.147 e. The lowest BCUT2D eigenvalue weighted by atomic mass is 9.98. The lowest BCUT2D eigenvalue weighted by Crippen LogP contribution is -2.34. The topological polar surface area (TPSA) is 63.2 Å². The molecule has 2 aromatic heterocycles. The van der Waals surface area contributed by atoms with Gasteiger partial charge in [-0.3, -0.25) is 0 Å². The molecule has 3 rings (SSSR count). The molecule has 2 aromatic rings. The molecule has 0 bridgehead atoms. The molecule has 0 aromatic carbocycles. The zero-order valence-electron chi connectivity index (χ0n) is 12.7. The summed E-state index contributed by atoms with van der Waals surface area (Å²) >= 11 is 7.97. The lowest BCUT2D eigenvalue weighted by molar-refractivity contribution is 0.436. The second-order valence-electron chi connectivity index (χ2n) is 5.80. The van der Waals surface area contributed by atoms with E-state index in [-0.39, 0.29) is 11.6 Å². The van der Waals surface area contributed by atoms with Crippen molar-refractivity contribution in [3.05, 3.63) is 27.8 Å². The van der Waals surface area contributed by atoms with Crippen molar-refractivity contribution < 1.29 is 8.42 Å². The minimum Gasteiger partial charge on any atom is -0.356 e. The molecule has 0 aliphatic carbocycles. The Morgan fingerprint density at radius 2 is 2.09 bits per heavy atom. The third-order valence-electron chi connectivity index (χ3n) is 4.06. The zero-order valence-corrected chi connectivity index (χ0v) is 15.2. The molecule has 0 spiro atoms. The largest absolute Gasteiger partial charge is 0.356 e. The SMILES string of the molecule is CC1CCN(c2nc(C[SH](=O)=O)nc(Cl)c2-c2ccsc2)CC1. The zero-order chi connectivity index (χ0) is 16.4. The fourth-order valence-electron chi connectivity index (χ4n) is 2.75. The number of anilines is 1. The van der Waals surface area contributed by atoms with Crippen molar-refractivity contribution in [3.63, 3.8) is 0 Å². The molecule has 1 aliphatic rings. The molecule has 0 N–H and O–H groups in total. The van der Waals surface area contributed by atoms with Gasteiger partial charge in [-0.25, -0.2) is 18.4 Å². The fraction of sp³-hybridized carbons (Fsp3) is 0.467. The molecule has 1 aliphatic heterocycles. The second-order valence-corrected chi connectivity index (χ2v) is 7.92. The Kier molecular flexibility index (Phi) is 5.18. The van der Waals surface area contributed by atoms with Crippen molar-refractivity contribution in [3.8, 4) is 11.1 Å². The number of piperidine rings is 1. The molecule has 0 atom stereocenters. The Hall–Kier alpha value is -1.18. The number of halogens is 1. The summed E-state index contributed by atoms with van der Waals surface area (Å²) in [6, 6.07) is 1.99. The smallest absolute Gasteiger partial charge is 0.147 e. The van der Waals surface area contributed by atoms with Gasteiger partial charge in [-0.05, 0) is 41.1 Å². The Bertz CT molecular complexity index is 746. The van der Waals surface area contributed by atoms with E-state index in [9.17, 15) is 8.42 Å². The van der Waals surface area contributed by atoms with E-state index in [0.717, 1.165) is 42.9 Å². The predicted molar refractivity (Wildman–Crippen MR) is 95.0 cm³/mol. The average molecular weight is 372 g/mol. The third kappa shape index (κ3) is 3.84. The van der Waals surface area contributed by atoms with Gasteiger partial charge in [0.1, 0.15) is 33.3 Å². The van der Waals surface area contributed by atoms with Crippen LogP contribution >= 0.6 is 22.9 Å². The van der Waals surface area contributed by atoms with Crippen molar-refractivity contribution in [2.45, 2.75) is 25.5 Å². The molecule has 8 heteroatoms. The van der Waals surface area contributed by atoms with Crippen LogP contribution in [0, 0.1) is 5.92 Å². The quantitative estimate of drug-likeness (QED) is 0.660. The molecule has 1 fully saturated rings. The number of thiophene rings is 1. The molecular formula is C15H18ClN3O2S2. The van der Waals surface area contributed by atoms with Gasteiger partial charge in [-0.2, -0.15) is 11.3 Å². The summed E-state index contributed by atoms with van der Waals surface area (Å²) in [7, 11) is -2.58. The minimum atomic E-state index is -2.58. The van der Waals surface area contributed by atoms with Gasteiger partial charge in [0.05, 0.1) is 5.56 Å². The molecule has 23 heavy (non-hydrogen) atoms. The van der Waals surface area contributed by atoms with Gasteiger partial charge < -0.3 is 4.90 Å².